The molecule has 8 nitrogen and oxygen atoms in total. The van der Waals surface area contributed by atoms with Gasteiger partial charge in [0, 0.05) is 48.2 Å². The van der Waals surface area contributed by atoms with E-state index in [-0.39, 0.29) is 11.9 Å². The van der Waals surface area contributed by atoms with Crippen LogP contribution in [0.4, 0.5) is 0 Å². The summed E-state index contributed by atoms with van der Waals surface area (Å²) in [7, 11) is 1.78. The van der Waals surface area contributed by atoms with E-state index in [2.05, 4.69) is 37.2 Å². The molecular formula is C23H26N6O2. The summed E-state index contributed by atoms with van der Waals surface area (Å²) in [5, 5.41) is 16.6. The van der Waals surface area contributed by atoms with E-state index in [9.17, 15) is 5.11 Å². The van der Waals surface area contributed by atoms with Gasteiger partial charge in [-0.05, 0) is 44.2 Å². The molecule has 0 saturated carbocycles. The average Bonchev–Trinajstić information content (AvgIpc) is 2.94. The molecule has 2 aromatic rings. The summed E-state index contributed by atoms with van der Waals surface area (Å²) in [6.45, 7) is 8.21. The van der Waals surface area contributed by atoms with Crippen molar-refractivity contribution in [1.29, 1.82) is 0 Å². The summed E-state index contributed by atoms with van der Waals surface area (Å²) in [5.74, 6) is 0.466. The Morgan fingerprint density at radius 3 is 2.97 bits per heavy atom. The van der Waals surface area contributed by atoms with Gasteiger partial charge in [-0.15, -0.1) is 0 Å². The van der Waals surface area contributed by atoms with Crippen LogP contribution >= 0.6 is 0 Å². The van der Waals surface area contributed by atoms with Crippen LogP contribution in [0.5, 0.6) is 5.75 Å². The summed E-state index contributed by atoms with van der Waals surface area (Å²) in [5.41, 5.74) is 2.78. The highest BCUT2D eigenvalue weighted by Gasteiger charge is 2.12. The van der Waals surface area contributed by atoms with Gasteiger partial charge in [0.1, 0.15) is 11.9 Å². The predicted molar refractivity (Wildman–Crippen MR) is 125 cm³/mol. The topological polar surface area (TPSA) is 104 Å². The molecule has 160 valence electrons. The van der Waals surface area contributed by atoms with E-state index in [0.29, 0.717) is 17.1 Å². The zero-order valence-corrected chi connectivity index (χ0v) is 17.8. The number of ether oxygens (including phenoxy) is 1. The first-order valence-electron chi connectivity index (χ1n) is 9.86. The molecule has 1 unspecified atom stereocenters. The number of nitrogens with one attached hydrogen (secondary N) is 2. The number of nitrogens with zero attached hydrogens (tertiary/aromatic N) is 4. The molecule has 0 aromatic carbocycles. The number of pyridine rings is 2. The molecule has 0 fully saturated rings. The number of hydrogen-bond donors (Lipinski definition) is 3. The highest BCUT2D eigenvalue weighted by atomic mass is 16.5. The maximum absolute atomic E-state index is 9.65. The molecule has 0 bridgehead atoms. The lowest BCUT2D eigenvalue weighted by Gasteiger charge is -2.16. The maximum Gasteiger partial charge on any atom is 0.210 e. The third-order valence-electron chi connectivity index (χ3n) is 4.17. The van der Waals surface area contributed by atoms with E-state index in [4.69, 9.17) is 4.74 Å². The maximum atomic E-state index is 9.65. The molecule has 3 rings (SSSR count). The van der Waals surface area contributed by atoms with Crippen LogP contribution in [0.15, 0.2) is 77.0 Å². The first kappa shape index (κ1) is 21.8. The second kappa shape index (κ2) is 10.2. The fourth-order valence-electron chi connectivity index (χ4n) is 2.87. The summed E-state index contributed by atoms with van der Waals surface area (Å²) >= 11 is 0. The molecule has 2 aromatic heterocycles. The van der Waals surface area contributed by atoms with Crippen molar-refractivity contribution >= 4 is 29.2 Å². The van der Waals surface area contributed by atoms with Gasteiger partial charge < -0.3 is 20.5 Å². The van der Waals surface area contributed by atoms with Crippen LogP contribution in [-0.4, -0.2) is 46.8 Å². The zero-order valence-electron chi connectivity index (χ0n) is 17.8. The molecule has 0 saturated heterocycles. The Morgan fingerprint density at radius 1 is 1.35 bits per heavy atom. The van der Waals surface area contributed by atoms with Gasteiger partial charge in [0.25, 0.3) is 0 Å². The lowest BCUT2D eigenvalue weighted by atomic mass is 10.1. The van der Waals surface area contributed by atoms with Crippen LogP contribution in [-0.2, 0) is 0 Å². The predicted octanol–water partition coefficient (Wildman–Crippen LogP) is 3.52. The number of aromatic nitrogens is 2. The Morgan fingerprint density at radius 2 is 2.19 bits per heavy atom. The lowest BCUT2D eigenvalue weighted by molar-refractivity contribution is 0.286. The number of aliphatic hydroxyl groups is 1. The van der Waals surface area contributed by atoms with Crippen molar-refractivity contribution in [2.24, 2.45) is 9.98 Å². The number of fused-ring (bicyclic) bond motifs is 1. The number of rotatable bonds is 8. The van der Waals surface area contributed by atoms with Crippen LogP contribution in [0, 0.1) is 0 Å². The van der Waals surface area contributed by atoms with Gasteiger partial charge >= 0.3 is 0 Å². The van der Waals surface area contributed by atoms with Crippen molar-refractivity contribution in [3.05, 3.63) is 72.7 Å². The molecule has 31 heavy (non-hydrogen) atoms. The third kappa shape index (κ3) is 6.02. The van der Waals surface area contributed by atoms with Gasteiger partial charge in [0.2, 0.25) is 5.88 Å². The monoisotopic (exact) mass is 418 g/mol. The molecule has 0 spiro atoms. The summed E-state index contributed by atoms with van der Waals surface area (Å²) in [6.07, 6.45) is 11.0. The van der Waals surface area contributed by atoms with Crippen molar-refractivity contribution in [3.63, 3.8) is 0 Å². The van der Waals surface area contributed by atoms with Gasteiger partial charge in [-0.25, -0.2) is 20.0 Å². The molecule has 3 N–H and O–H groups in total. The van der Waals surface area contributed by atoms with Gasteiger partial charge in [0.15, 0.2) is 5.65 Å². The zero-order chi connectivity index (χ0) is 22.2. The van der Waals surface area contributed by atoms with E-state index >= 15 is 0 Å². The average molecular weight is 419 g/mol. The molecule has 3 heterocycles. The molecule has 1 atom stereocenters. The molecule has 1 aliphatic heterocycles. The number of aliphatic imine (C=N–C) groups is 2. The van der Waals surface area contributed by atoms with Crippen LogP contribution in [0.2, 0.25) is 0 Å². The highest BCUT2D eigenvalue weighted by molar-refractivity contribution is 5.82. The lowest BCUT2D eigenvalue weighted by Crippen LogP contribution is -2.22. The Balaban J connectivity index is 1.88. The molecule has 0 aliphatic carbocycles. The number of hydrogen-bond acceptors (Lipinski definition) is 7. The van der Waals surface area contributed by atoms with Crippen LogP contribution in [0.1, 0.15) is 19.5 Å². The fourth-order valence-corrected chi connectivity index (χ4v) is 2.87. The summed E-state index contributed by atoms with van der Waals surface area (Å²) < 4.78 is 5.88. The van der Waals surface area contributed by atoms with Crippen LogP contribution in [0.3, 0.4) is 0 Å². The SMILES string of the molecule is C=C(NC(C)C)/C(=C\N=C/NC)c1ccc2cc(OC3C=CC=NC(O)=C3)cnc2n1. The van der Waals surface area contributed by atoms with Crippen LogP contribution < -0.4 is 15.4 Å². The van der Waals surface area contributed by atoms with Crippen molar-refractivity contribution in [2.75, 3.05) is 7.05 Å². The summed E-state index contributed by atoms with van der Waals surface area (Å²) in [6, 6.07) is 5.90. The van der Waals surface area contributed by atoms with Gasteiger partial charge in [0.05, 0.1) is 18.2 Å². The highest BCUT2D eigenvalue weighted by Crippen LogP contribution is 2.24. The summed E-state index contributed by atoms with van der Waals surface area (Å²) in [4.78, 5) is 17.2. The van der Waals surface area contributed by atoms with E-state index in [1.165, 1.54) is 12.3 Å². The van der Waals surface area contributed by atoms with Crippen LogP contribution in [0.25, 0.3) is 16.6 Å². The Labute approximate surface area is 181 Å². The smallest absolute Gasteiger partial charge is 0.210 e. The second-order valence-electron chi connectivity index (χ2n) is 7.07. The van der Waals surface area contributed by atoms with Crippen molar-refractivity contribution in [1.82, 2.24) is 20.6 Å². The van der Waals surface area contributed by atoms with E-state index in [1.807, 2.05) is 32.0 Å². The fraction of sp³-hybridized carbons (Fsp3) is 0.217. The number of aliphatic hydroxyl groups excluding tert-OH is 1. The molecule has 8 heteroatoms. The van der Waals surface area contributed by atoms with E-state index in [0.717, 1.165) is 16.7 Å². The first-order chi connectivity index (χ1) is 15.0. The molecule has 1 aliphatic rings. The minimum Gasteiger partial charge on any atom is -0.493 e. The number of allylic oxidation sites excluding steroid dienone is 2. The van der Waals surface area contributed by atoms with Gasteiger partial charge in [-0.2, -0.15) is 0 Å². The van der Waals surface area contributed by atoms with Gasteiger partial charge in [-0.1, -0.05) is 6.58 Å². The van der Waals surface area contributed by atoms with Gasteiger partial charge in [-0.3, -0.25) is 0 Å². The quantitative estimate of drug-likeness (QED) is 0.344. The second-order valence-corrected chi connectivity index (χ2v) is 7.07. The Kier molecular flexibility index (Phi) is 7.16. The molecule has 0 radical (unpaired) electrons. The van der Waals surface area contributed by atoms with Crippen molar-refractivity contribution in [2.45, 2.75) is 26.0 Å². The standard InChI is InChI=1S/C23H26N6O2/c1-15(2)28-16(3)20(13-25-14-24-4)21-8-7-17-10-19(12-27-23(17)29-21)31-18-6-5-9-26-22(30)11-18/h5-15,18,28,30H,3H2,1-2,4H3,(H,24,25)/b20-13+. The van der Waals surface area contributed by atoms with Crippen molar-refractivity contribution < 1.29 is 9.84 Å². The molecular weight excluding hydrogens is 392 g/mol. The largest absolute Gasteiger partial charge is 0.493 e. The van der Waals surface area contributed by atoms with E-state index in [1.54, 1.807) is 37.9 Å². The van der Waals surface area contributed by atoms with E-state index < -0.39 is 6.10 Å². The Bertz CT molecular complexity index is 1100. The minimum absolute atomic E-state index is 0.0921. The third-order valence-corrected chi connectivity index (χ3v) is 4.17. The van der Waals surface area contributed by atoms with Crippen molar-refractivity contribution in [3.8, 4) is 5.75 Å². The first-order valence-corrected chi connectivity index (χ1v) is 9.86. The normalized spacial score (nSPS) is 16.5. The Hall–Kier alpha value is -3.94. The minimum atomic E-state index is -0.445. The molecule has 0 amide bonds.